The van der Waals surface area contributed by atoms with Gasteiger partial charge in [-0.3, -0.25) is 19.3 Å². The molecule has 2 aliphatic heterocycles. The molecule has 0 saturated carbocycles. The van der Waals surface area contributed by atoms with Gasteiger partial charge in [0, 0.05) is 12.2 Å². The number of aromatic amines is 2. The number of aromatic nitrogens is 3. The zero-order valence-corrected chi connectivity index (χ0v) is 16.3. The zero-order chi connectivity index (χ0) is 20.3. The van der Waals surface area contributed by atoms with Gasteiger partial charge in [-0.15, -0.1) is 0 Å². The Morgan fingerprint density at radius 1 is 1.07 bits per heavy atom. The molecule has 1 aromatic carbocycles. The SMILES string of the molecule is Cc1cc[nH]c(=O)c1-c1nc2cc3c(cc2[nH]1)C(=O)N(C1CCN(C)CC1)C3=O. The lowest BCUT2D eigenvalue weighted by atomic mass is 10.0. The molecule has 1 saturated heterocycles. The molecule has 2 amide bonds. The summed E-state index contributed by atoms with van der Waals surface area (Å²) < 4.78 is 0. The first-order chi connectivity index (χ1) is 13.9. The van der Waals surface area contributed by atoms with Gasteiger partial charge in [0.15, 0.2) is 0 Å². The van der Waals surface area contributed by atoms with E-state index in [1.807, 2.05) is 14.0 Å². The monoisotopic (exact) mass is 391 g/mol. The van der Waals surface area contributed by atoms with E-state index in [-0.39, 0.29) is 23.4 Å². The first-order valence-electron chi connectivity index (χ1n) is 9.73. The van der Waals surface area contributed by atoms with Gasteiger partial charge in [0.2, 0.25) is 0 Å². The van der Waals surface area contributed by atoms with Crippen molar-refractivity contribution in [1.29, 1.82) is 0 Å². The highest BCUT2D eigenvalue weighted by Crippen LogP contribution is 2.32. The molecule has 0 bridgehead atoms. The maximum absolute atomic E-state index is 13.0. The normalized spacial score (nSPS) is 18.1. The molecule has 2 aliphatic rings. The minimum absolute atomic E-state index is 0.0639. The number of fused-ring (bicyclic) bond motifs is 2. The lowest BCUT2D eigenvalue weighted by Crippen LogP contribution is -2.46. The van der Waals surface area contributed by atoms with Gasteiger partial charge in [0.1, 0.15) is 5.82 Å². The van der Waals surface area contributed by atoms with Crippen LogP contribution in [0, 0.1) is 6.92 Å². The topological polar surface area (TPSA) is 102 Å². The Hall–Kier alpha value is -3.26. The predicted octanol–water partition coefficient (Wildman–Crippen LogP) is 1.92. The summed E-state index contributed by atoms with van der Waals surface area (Å²) in [5.74, 6) is -0.0684. The molecule has 1 fully saturated rings. The van der Waals surface area contributed by atoms with Crippen LogP contribution in [-0.4, -0.2) is 62.7 Å². The smallest absolute Gasteiger partial charge is 0.261 e. The fraction of sp³-hybridized carbons (Fsp3) is 0.333. The summed E-state index contributed by atoms with van der Waals surface area (Å²) in [6, 6.07) is 5.08. The third-order valence-electron chi connectivity index (χ3n) is 5.98. The number of imidazole rings is 1. The van der Waals surface area contributed by atoms with Crippen molar-refractivity contribution in [2.24, 2.45) is 0 Å². The van der Waals surface area contributed by atoms with E-state index in [1.165, 1.54) is 4.90 Å². The number of likely N-dealkylation sites (tertiary alicyclic amines) is 1. The number of amides is 2. The second-order valence-corrected chi connectivity index (χ2v) is 7.88. The van der Waals surface area contributed by atoms with Gasteiger partial charge < -0.3 is 14.9 Å². The summed E-state index contributed by atoms with van der Waals surface area (Å²) >= 11 is 0. The second kappa shape index (κ2) is 6.38. The molecule has 0 atom stereocenters. The average molecular weight is 391 g/mol. The number of carbonyl (C=O) groups excluding carboxylic acids is 2. The third kappa shape index (κ3) is 2.71. The first-order valence-corrected chi connectivity index (χ1v) is 9.73. The number of pyridine rings is 1. The fourth-order valence-corrected chi connectivity index (χ4v) is 4.34. The second-order valence-electron chi connectivity index (χ2n) is 7.88. The summed E-state index contributed by atoms with van der Waals surface area (Å²) in [6.07, 6.45) is 3.17. The summed E-state index contributed by atoms with van der Waals surface area (Å²) in [4.78, 5) is 52.2. The van der Waals surface area contributed by atoms with Crippen molar-refractivity contribution >= 4 is 22.8 Å². The predicted molar refractivity (Wildman–Crippen MR) is 108 cm³/mol. The quantitative estimate of drug-likeness (QED) is 0.650. The van der Waals surface area contributed by atoms with Crippen LogP contribution in [0.5, 0.6) is 0 Å². The molecule has 4 heterocycles. The van der Waals surface area contributed by atoms with Gasteiger partial charge in [-0.2, -0.15) is 0 Å². The van der Waals surface area contributed by atoms with Crippen LogP contribution in [0.3, 0.4) is 0 Å². The maximum atomic E-state index is 13.0. The van der Waals surface area contributed by atoms with Gasteiger partial charge in [0.05, 0.1) is 27.7 Å². The van der Waals surface area contributed by atoms with Crippen molar-refractivity contribution in [2.75, 3.05) is 20.1 Å². The van der Waals surface area contributed by atoms with Crippen molar-refractivity contribution < 1.29 is 9.59 Å². The number of carbonyl (C=O) groups is 2. The number of benzene rings is 1. The van der Waals surface area contributed by atoms with Crippen molar-refractivity contribution in [3.8, 4) is 11.4 Å². The molecule has 2 N–H and O–H groups in total. The van der Waals surface area contributed by atoms with E-state index in [0.717, 1.165) is 31.5 Å². The number of aryl methyl sites for hydroxylation is 1. The summed E-state index contributed by atoms with van der Waals surface area (Å²) in [6.45, 7) is 3.58. The molecule has 5 rings (SSSR count). The molecule has 3 aromatic rings. The van der Waals surface area contributed by atoms with E-state index in [2.05, 4.69) is 19.9 Å². The fourth-order valence-electron chi connectivity index (χ4n) is 4.34. The number of rotatable bonds is 2. The molecule has 8 heteroatoms. The first kappa shape index (κ1) is 17.8. The standard InChI is InChI=1S/C21H21N5O3/c1-11-3-6-22-19(27)17(11)18-23-15-9-13-14(10-16(15)24-18)21(29)26(20(13)28)12-4-7-25(2)8-5-12/h3,6,9-10,12H,4-5,7-8H2,1-2H3,(H,22,27)(H,23,24). The minimum atomic E-state index is -0.250. The number of hydrogen-bond acceptors (Lipinski definition) is 5. The number of nitrogens with one attached hydrogen (secondary N) is 2. The number of H-pyrrole nitrogens is 2. The van der Waals surface area contributed by atoms with E-state index in [4.69, 9.17) is 0 Å². The molecule has 0 spiro atoms. The van der Waals surface area contributed by atoms with Crippen molar-refractivity contribution in [2.45, 2.75) is 25.8 Å². The highest BCUT2D eigenvalue weighted by atomic mass is 16.2. The molecular formula is C21H21N5O3. The number of hydrogen-bond donors (Lipinski definition) is 2. The summed E-state index contributed by atoms with van der Waals surface area (Å²) in [5, 5.41) is 0. The van der Waals surface area contributed by atoms with Crippen molar-refractivity contribution in [3.05, 3.63) is 51.4 Å². The van der Waals surface area contributed by atoms with E-state index in [0.29, 0.717) is 33.5 Å². The van der Waals surface area contributed by atoms with Gasteiger partial charge in [-0.05, 0) is 63.7 Å². The van der Waals surface area contributed by atoms with E-state index < -0.39 is 0 Å². The average Bonchev–Trinajstić information content (AvgIpc) is 3.20. The maximum Gasteiger partial charge on any atom is 0.261 e. The third-order valence-corrected chi connectivity index (χ3v) is 5.98. The molecule has 2 aromatic heterocycles. The van der Waals surface area contributed by atoms with E-state index in [1.54, 1.807) is 24.4 Å². The van der Waals surface area contributed by atoms with E-state index in [9.17, 15) is 14.4 Å². The van der Waals surface area contributed by atoms with E-state index >= 15 is 0 Å². The van der Waals surface area contributed by atoms with Crippen LogP contribution in [0.15, 0.2) is 29.2 Å². The summed E-state index contributed by atoms with van der Waals surface area (Å²) in [5.41, 5.74) is 2.99. The van der Waals surface area contributed by atoms with Gasteiger partial charge in [-0.1, -0.05) is 0 Å². The number of imide groups is 1. The van der Waals surface area contributed by atoms with Crippen LogP contribution in [0.1, 0.15) is 39.1 Å². The molecule has 29 heavy (non-hydrogen) atoms. The lowest BCUT2D eigenvalue weighted by Gasteiger charge is -2.33. The highest BCUT2D eigenvalue weighted by molar-refractivity contribution is 6.23. The van der Waals surface area contributed by atoms with Gasteiger partial charge in [-0.25, -0.2) is 4.98 Å². The van der Waals surface area contributed by atoms with Crippen LogP contribution in [0.4, 0.5) is 0 Å². The van der Waals surface area contributed by atoms with Crippen LogP contribution < -0.4 is 5.56 Å². The number of nitrogens with zero attached hydrogens (tertiary/aromatic N) is 3. The largest absolute Gasteiger partial charge is 0.338 e. The van der Waals surface area contributed by atoms with Crippen molar-refractivity contribution in [1.82, 2.24) is 24.8 Å². The Morgan fingerprint density at radius 3 is 2.45 bits per heavy atom. The Labute approximate surface area is 166 Å². The molecule has 0 radical (unpaired) electrons. The van der Waals surface area contributed by atoms with Gasteiger partial charge >= 0.3 is 0 Å². The highest BCUT2D eigenvalue weighted by Gasteiger charge is 2.41. The van der Waals surface area contributed by atoms with Crippen LogP contribution in [-0.2, 0) is 0 Å². The van der Waals surface area contributed by atoms with Crippen LogP contribution >= 0.6 is 0 Å². The number of piperidine rings is 1. The Balaban J connectivity index is 1.55. The Bertz CT molecular complexity index is 1160. The summed E-state index contributed by atoms with van der Waals surface area (Å²) in [7, 11) is 2.05. The molecule has 8 nitrogen and oxygen atoms in total. The molecule has 148 valence electrons. The minimum Gasteiger partial charge on any atom is -0.338 e. The van der Waals surface area contributed by atoms with Gasteiger partial charge in [0.25, 0.3) is 17.4 Å². The lowest BCUT2D eigenvalue weighted by molar-refractivity contribution is 0.0516. The molecule has 0 aliphatic carbocycles. The molecular weight excluding hydrogens is 370 g/mol. The van der Waals surface area contributed by atoms with Crippen LogP contribution in [0.2, 0.25) is 0 Å². The van der Waals surface area contributed by atoms with Crippen molar-refractivity contribution in [3.63, 3.8) is 0 Å². The molecule has 0 unspecified atom stereocenters. The zero-order valence-electron chi connectivity index (χ0n) is 16.3. The Morgan fingerprint density at radius 2 is 1.76 bits per heavy atom. The van der Waals surface area contributed by atoms with Crippen LogP contribution in [0.25, 0.3) is 22.4 Å². The Kier molecular flexibility index (Phi) is 3.92.